The van der Waals surface area contributed by atoms with Gasteiger partial charge in [0, 0.05) is 6.20 Å². The van der Waals surface area contributed by atoms with Crippen LogP contribution < -0.4 is 0 Å². The van der Waals surface area contributed by atoms with Gasteiger partial charge in [0.25, 0.3) is 0 Å². The van der Waals surface area contributed by atoms with Crippen LogP contribution in [0.4, 0.5) is 0 Å². The molecule has 4 nitrogen and oxygen atoms in total. The summed E-state index contributed by atoms with van der Waals surface area (Å²) in [6, 6.07) is 5.41. The number of allylic oxidation sites excluding steroid dienone is 1. The van der Waals surface area contributed by atoms with Crippen LogP contribution in [-0.4, -0.2) is 23.8 Å². The lowest BCUT2D eigenvalue weighted by Crippen LogP contribution is -2.09. The maximum atomic E-state index is 11.5. The Kier molecular flexibility index (Phi) is 4.39. The first-order valence-corrected chi connectivity index (χ1v) is 4.83. The van der Waals surface area contributed by atoms with Crippen molar-refractivity contribution in [1.29, 1.82) is 0 Å². The van der Waals surface area contributed by atoms with E-state index in [9.17, 15) is 9.59 Å². The Bertz CT molecular complexity index is 410. The number of Topliss-reactive ketones (excluding diaryl/α,β-unsaturated/α-hetero) is 1. The molecule has 0 aliphatic heterocycles. The number of hydrogen-bond donors (Lipinski definition) is 0. The SMILES string of the molecule is COC(=O)CC(=O)/C(C)=C\c1ccccn1. The predicted octanol–water partition coefficient (Wildman–Crippen LogP) is 1.62. The average molecular weight is 219 g/mol. The summed E-state index contributed by atoms with van der Waals surface area (Å²) in [7, 11) is 1.26. The molecule has 0 aliphatic carbocycles. The van der Waals surface area contributed by atoms with Crippen LogP contribution in [0.3, 0.4) is 0 Å². The molecule has 84 valence electrons. The Morgan fingerprint density at radius 2 is 2.19 bits per heavy atom. The topological polar surface area (TPSA) is 56.3 Å². The van der Waals surface area contributed by atoms with E-state index >= 15 is 0 Å². The van der Waals surface area contributed by atoms with E-state index in [0.29, 0.717) is 11.3 Å². The average Bonchev–Trinajstić information content (AvgIpc) is 2.30. The summed E-state index contributed by atoms with van der Waals surface area (Å²) in [6.07, 6.45) is 3.06. The highest BCUT2D eigenvalue weighted by Crippen LogP contribution is 2.06. The van der Waals surface area contributed by atoms with E-state index in [-0.39, 0.29) is 12.2 Å². The number of methoxy groups -OCH3 is 1. The molecule has 0 saturated heterocycles. The Balaban J connectivity index is 2.71. The van der Waals surface area contributed by atoms with E-state index in [1.807, 2.05) is 6.07 Å². The van der Waals surface area contributed by atoms with Gasteiger partial charge in [-0.2, -0.15) is 0 Å². The van der Waals surface area contributed by atoms with Crippen molar-refractivity contribution >= 4 is 17.8 Å². The molecular weight excluding hydrogens is 206 g/mol. The molecule has 1 aromatic heterocycles. The van der Waals surface area contributed by atoms with Gasteiger partial charge in [0.15, 0.2) is 5.78 Å². The number of nitrogens with zero attached hydrogens (tertiary/aromatic N) is 1. The van der Waals surface area contributed by atoms with E-state index in [2.05, 4.69) is 9.72 Å². The molecular formula is C12H13NO3. The molecule has 0 bridgehead atoms. The van der Waals surface area contributed by atoms with Crippen molar-refractivity contribution in [2.24, 2.45) is 0 Å². The molecule has 0 N–H and O–H groups in total. The number of carbonyl (C=O) groups excluding carboxylic acids is 2. The molecule has 0 aliphatic rings. The minimum absolute atomic E-state index is 0.230. The molecule has 0 saturated carbocycles. The molecule has 1 rings (SSSR count). The van der Waals surface area contributed by atoms with Gasteiger partial charge in [0.2, 0.25) is 0 Å². The summed E-state index contributed by atoms with van der Waals surface area (Å²) in [6.45, 7) is 1.65. The number of ketones is 1. The molecule has 1 heterocycles. The third-order valence-corrected chi connectivity index (χ3v) is 2.02. The van der Waals surface area contributed by atoms with E-state index < -0.39 is 5.97 Å². The van der Waals surface area contributed by atoms with Crippen molar-refractivity contribution in [1.82, 2.24) is 4.98 Å². The molecule has 1 aromatic rings. The zero-order chi connectivity index (χ0) is 12.0. The molecule has 0 unspecified atom stereocenters. The lowest BCUT2D eigenvalue weighted by atomic mass is 10.1. The lowest BCUT2D eigenvalue weighted by Gasteiger charge is -1.99. The summed E-state index contributed by atoms with van der Waals surface area (Å²) < 4.78 is 4.42. The fourth-order valence-corrected chi connectivity index (χ4v) is 1.11. The van der Waals surface area contributed by atoms with Gasteiger partial charge in [-0.15, -0.1) is 0 Å². The Labute approximate surface area is 94.0 Å². The summed E-state index contributed by atoms with van der Waals surface area (Å²) in [5.74, 6) is -0.781. The molecule has 0 fully saturated rings. The van der Waals surface area contributed by atoms with Crippen LogP contribution in [0.2, 0.25) is 0 Å². The van der Waals surface area contributed by atoms with Gasteiger partial charge < -0.3 is 4.74 Å². The van der Waals surface area contributed by atoms with Gasteiger partial charge in [0.05, 0.1) is 12.8 Å². The molecule has 0 spiro atoms. The number of esters is 1. The van der Waals surface area contributed by atoms with E-state index in [1.54, 1.807) is 31.3 Å². The number of pyridine rings is 1. The highest BCUT2D eigenvalue weighted by molar-refractivity contribution is 6.07. The lowest BCUT2D eigenvalue weighted by molar-refractivity contribution is -0.142. The summed E-state index contributed by atoms with van der Waals surface area (Å²) in [4.78, 5) is 26.5. The van der Waals surface area contributed by atoms with Crippen molar-refractivity contribution < 1.29 is 14.3 Å². The smallest absolute Gasteiger partial charge is 0.313 e. The van der Waals surface area contributed by atoms with Crippen molar-refractivity contribution in [3.05, 3.63) is 35.7 Å². The van der Waals surface area contributed by atoms with Crippen molar-refractivity contribution in [3.63, 3.8) is 0 Å². The highest BCUT2D eigenvalue weighted by Gasteiger charge is 2.11. The first kappa shape index (κ1) is 12.1. The second-order valence-corrected chi connectivity index (χ2v) is 3.26. The Morgan fingerprint density at radius 1 is 1.44 bits per heavy atom. The zero-order valence-corrected chi connectivity index (χ0v) is 9.27. The third kappa shape index (κ3) is 3.65. The zero-order valence-electron chi connectivity index (χ0n) is 9.27. The summed E-state index contributed by atoms with van der Waals surface area (Å²) in [5, 5.41) is 0. The number of rotatable bonds is 4. The van der Waals surface area contributed by atoms with Gasteiger partial charge in [-0.1, -0.05) is 6.07 Å². The fourth-order valence-electron chi connectivity index (χ4n) is 1.11. The number of hydrogen-bond acceptors (Lipinski definition) is 4. The monoisotopic (exact) mass is 219 g/mol. The normalized spacial score (nSPS) is 11.0. The van der Waals surface area contributed by atoms with E-state index in [1.165, 1.54) is 7.11 Å². The van der Waals surface area contributed by atoms with E-state index in [0.717, 1.165) is 0 Å². The quantitative estimate of drug-likeness (QED) is 0.438. The highest BCUT2D eigenvalue weighted by atomic mass is 16.5. The van der Waals surface area contributed by atoms with Crippen LogP contribution in [0.5, 0.6) is 0 Å². The first-order chi connectivity index (χ1) is 7.63. The van der Waals surface area contributed by atoms with Gasteiger partial charge in [-0.05, 0) is 30.7 Å². The number of aromatic nitrogens is 1. The van der Waals surface area contributed by atoms with Gasteiger partial charge in [-0.3, -0.25) is 14.6 Å². The van der Waals surface area contributed by atoms with Crippen LogP contribution in [0.25, 0.3) is 6.08 Å². The molecule has 0 aromatic carbocycles. The minimum Gasteiger partial charge on any atom is -0.469 e. The first-order valence-electron chi connectivity index (χ1n) is 4.83. The minimum atomic E-state index is -0.529. The van der Waals surface area contributed by atoms with Crippen LogP contribution in [0.1, 0.15) is 19.0 Å². The maximum absolute atomic E-state index is 11.5. The molecule has 0 atom stereocenters. The summed E-state index contributed by atoms with van der Waals surface area (Å²) >= 11 is 0. The van der Waals surface area contributed by atoms with Gasteiger partial charge >= 0.3 is 5.97 Å². The van der Waals surface area contributed by atoms with Crippen LogP contribution in [-0.2, 0) is 14.3 Å². The van der Waals surface area contributed by atoms with Crippen molar-refractivity contribution in [3.8, 4) is 0 Å². The Hall–Kier alpha value is -1.97. The summed E-state index contributed by atoms with van der Waals surface area (Å²) in [5.41, 5.74) is 1.18. The largest absolute Gasteiger partial charge is 0.469 e. The number of carbonyl (C=O) groups is 2. The van der Waals surface area contributed by atoms with Crippen molar-refractivity contribution in [2.45, 2.75) is 13.3 Å². The Morgan fingerprint density at radius 3 is 2.75 bits per heavy atom. The fraction of sp³-hybridized carbons (Fsp3) is 0.250. The molecule has 16 heavy (non-hydrogen) atoms. The second-order valence-electron chi connectivity index (χ2n) is 3.26. The molecule has 4 heteroatoms. The molecule has 0 radical (unpaired) electrons. The third-order valence-electron chi connectivity index (χ3n) is 2.02. The van der Waals surface area contributed by atoms with Crippen LogP contribution in [0, 0.1) is 0 Å². The standard InChI is InChI=1S/C12H13NO3/c1-9(11(14)8-12(15)16-2)7-10-5-3-4-6-13-10/h3-7H,8H2,1-2H3/b9-7-. The second kappa shape index (κ2) is 5.80. The predicted molar refractivity (Wildman–Crippen MR) is 59.5 cm³/mol. The van der Waals surface area contributed by atoms with E-state index in [4.69, 9.17) is 0 Å². The van der Waals surface area contributed by atoms with Crippen LogP contribution in [0.15, 0.2) is 30.0 Å². The number of ether oxygens (including phenoxy) is 1. The van der Waals surface area contributed by atoms with Crippen molar-refractivity contribution in [2.75, 3.05) is 7.11 Å². The maximum Gasteiger partial charge on any atom is 0.313 e. The van der Waals surface area contributed by atoms with Crippen LogP contribution >= 0.6 is 0 Å². The van der Waals surface area contributed by atoms with Gasteiger partial charge in [-0.25, -0.2) is 0 Å². The van der Waals surface area contributed by atoms with Gasteiger partial charge in [0.1, 0.15) is 6.42 Å². The molecule has 0 amide bonds.